The maximum atomic E-state index is 13.0. The fourth-order valence-corrected chi connectivity index (χ4v) is 3.44. The zero-order valence-electron chi connectivity index (χ0n) is 15.2. The van der Waals surface area contributed by atoms with Gasteiger partial charge in [0.15, 0.2) is 11.0 Å². The van der Waals surface area contributed by atoms with Gasteiger partial charge in [-0.05, 0) is 49.9 Å². The molecule has 1 atom stereocenters. The number of thioether (sulfide) groups is 1. The van der Waals surface area contributed by atoms with Gasteiger partial charge >= 0.3 is 0 Å². The van der Waals surface area contributed by atoms with Gasteiger partial charge in [-0.3, -0.25) is 9.36 Å². The van der Waals surface area contributed by atoms with E-state index in [1.54, 1.807) is 18.2 Å². The van der Waals surface area contributed by atoms with Crippen molar-refractivity contribution in [1.29, 1.82) is 0 Å². The van der Waals surface area contributed by atoms with Crippen LogP contribution in [-0.4, -0.2) is 32.5 Å². The third kappa shape index (κ3) is 5.56. The molecule has 1 aromatic carbocycles. The summed E-state index contributed by atoms with van der Waals surface area (Å²) in [5.74, 6) is 1.76. The zero-order valence-corrected chi connectivity index (χ0v) is 16.0. The normalized spacial score (nSPS) is 14.6. The zero-order chi connectivity index (χ0) is 19.2. The molecule has 0 radical (unpaired) electrons. The Morgan fingerprint density at radius 1 is 1.44 bits per heavy atom. The summed E-state index contributed by atoms with van der Waals surface area (Å²) in [6, 6.07) is 6.03. The van der Waals surface area contributed by atoms with Crippen LogP contribution < -0.4 is 10.1 Å². The minimum atomic E-state index is -0.315. The topological polar surface area (TPSA) is 69.0 Å². The van der Waals surface area contributed by atoms with Crippen molar-refractivity contribution < 1.29 is 13.9 Å². The number of allylic oxidation sites excluding steroid dienone is 1. The first-order valence-corrected chi connectivity index (χ1v) is 9.89. The monoisotopic (exact) mass is 390 g/mol. The Morgan fingerprint density at radius 2 is 2.19 bits per heavy atom. The van der Waals surface area contributed by atoms with E-state index in [-0.39, 0.29) is 30.1 Å². The van der Waals surface area contributed by atoms with Gasteiger partial charge in [0.25, 0.3) is 0 Å². The molecule has 8 heteroatoms. The molecule has 0 bridgehead atoms. The van der Waals surface area contributed by atoms with Crippen molar-refractivity contribution in [2.75, 3.05) is 5.75 Å². The van der Waals surface area contributed by atoms with Crippen LogP contribution in [0.3, 0.4) is 0 Å². The van der Waals surface area contributed by atoms with E-state index in [1.165, 1.54) is 36.7 Å². The van der Waals surface area contributed by atoms with E-state index in [2.05, 4.69) is 22.1 Å². The molecule has 1 aromatic heterocycles. The molecule has 1 fully saturated rings. The van der Waals surface area contributed by atoms with Crippen LogP contribution in [0.15, 0.2) is 42.1 Å². The summed E-state index contributed by atoms with van der Waals surface area (Å²) in [4.78, 5) is 12.1. The molecule has 3 rings (SSSR count). The smallest absolute Gasteiger partial charge is 0.230 e. The molecule has 1 N–H and O–H groups in total. The molecule has 6 nitrogen and oxygen atoms in total. The number of aromatic nitrogens is 3. The third-order valence-corrected chi connectivity index (χ3v) is 5.30. The third-order valence-electron chi connectivity index (χ3n) is 4.34. The summed E-state index contributed by atoms with van der Waals surface area (Å²) < 4.78 is 20.5. The molecule has 0 spiro atoms. The predicted octanol–water partition coefficient (Wildman–Crippen LogP) is 3.19. The van der Waals surface area contributed by atoms with E-state index < -0.39 is 0 Å². The maximum Gasteiger partial charge on any atom is 0.230 e. The van der Waals surface area contributed by atoms with Crippen molar-refractivity contribution >= 4 is 17.7 Å². The molecule has 1 aliphatic rings. The summed E-state index contributed by atoms with van der Waals surface area (Å²) in [5, 5.41) is 12.0. The van der Waals surface area contributed by atoms with Gasteiger partial charge in [-0.1, -0.05) is 17.8 Å². The second-order valence-corrected chi connectivity index (χ2v) is 7.47. The van der Waals surface area contributed by atoms with Gasteiger partial charge in [-0.15, -0.1) is 16.8 Å². The first-order valence-electron chi connectivity index (χ1n) is 8.90. The molecule has 2 aromatic rings. The molecule has 1 heterocycles. The average Bonchev–Trinajstić information content (AvgIpc) is 3.44. The van der Waals surface area contributed by atoms with Crippen molar-refractivity contribution in [2.45, 2.75) is 44.1 Å². The summed E-state index contributed by atoms with van der Waals surface area (Å²) in [7, 11) is 0. The van der Waals surface area contributed by atoms with Crippen molar-refractivity contribution in [1.82, 2.24) is 20.1 Å². The summed E-state index contributed by atoms with van der Waals surface area (Å²) in [5.41, 5.74) is 0. The van der Waals surface area contributed by atoms with Gasteiger partial charge in [-0.2, -0.15) is 0 Å². The van der Waals surface area contributed by atoms with Crippen LogP contribution in [0.25, 0.3) is 0 Å². The highest BCUT2D eigenvalue weighted by Gasteiger charge is 2.28. The first kappa shape index (κ1) is 19.4. The number of amides is 1. The molecular weight excluding hydrogens is 367 g/mol. The standard InChI is InChI=1S/C19H23FN4O2S/c1-3-10-24-17(11-26-16-8-6-15(20)7-9-16)22-23-19(24)27-12-18(25)21-13(2)14-4-5-14/h3,6-9,13-14H,1,4-5,10-12H2,2H3,(H,21,25)/t13-/m0/s1. The number of carbonyl (C=O) groups excluding carboxylic acids is 1. The highest BCUT2D eigenvalue weighted by Crippen LogP contribution is 2.32. The molecule has 144 valence electrons. The Hall–Kier alpha value is -2.35. The molecule has 1 aliphatic carbocycles. The quantitative estimate of drug-likeness (QED) is 0.498. The predicted molar refractivity (Wildman–Crippen MR) is 102 cm³/mol. The van der Waals surface area contributed by atoms with Crippen LogP contribution in [0.5, 0.6) is 5.75 Å². The van der Waals surface area contributed by atoms with Crippen LogP contribution in [0.2, 0.25) is 0 Å². The van der Waals surface area contributed by atoms with Crippen molar-refractivity contribution in [3.05, 3.63) is 48.6 Å². The van der Waals surface area contributed by atoms with E-state index in [1.807, 2.05) is 11.5 Å². The minimum absolute atomic E-state index is 0.00309. The van der Waals surface area contributed by atoms with Gasteiger partial charge in [0.2, 0.25) is 5.91 Å². The highest BCUT2D eigenvalue weighted by molar-refractivity contribution is 7.99. The van der Waals surface area contributed by atoms with Crippen LogP contribution in [0.1, 0.15) is 25.6 Å². The fourth-order valence-electron chi connectivity index (χ4n) is 2.66. The lowest BCUT2D eigenvalue weighted by atomic mass is 10.2. The van der Waals surface area contributed by atoms with Crippen molar-refractivity contribution in [3.8, 4) is 5.75 Å². The average molecular weight is 390 g/mol. The summed E-state index contributed by atoms with van der Waals surface area (Å²) in [6.07, 6.45) is 4.13. The number of nitrogens with zero attached hydrogens (tertiary/aromatic N) is 3. The first-order chi connectivity index (χ1) is 13.1. The number of rotatable bonds is 10. The lowest BCUT2D eigenvalue weighted by Crippen LogP contribution is -2.35. The Balaban J connectivity index is 1.57. The van der Waals surface area contributed by atoms with E-state index in [4.69, 9.17) is 4.74 Å². The molecule has 1 saturated carbocycles. The lowest BCUT2D eigenvalue weighted by Gasteiger charge is -2.12. The number of halogens is 1. The van der Waals surface area contributed by atoms with Gasteiger partial charge in [0.1, 0.15) is 18.2 Å². The number of ether oxygens (including phenoxy) is 1. The molecule has 0 aliphatic heterocycles. The van der Waals surface area contributed by atoms with E-state index in [0.717, 1.165) is 0 Å². The number of benzene rings is 1. The van der Waals surface area contributed by atoms with Crippen LogP contribution >= 0.6 is 11.8 Å². The van der Waals surface area contributed by atoms with E-state index in [9.17, 15) is 9.18 Å². The van der Waals surface area contributed by atoms with Gasteiger partial charge in [-0.25, -0.2) is 4.39 Å². The molecule has 0 unspecified atom stereocenters. The largest absolute Gasteiger partial charge is 0.486 e. The van der Waals surface area contributed by atoms with Crippen LogP contribution in [0.4, 0.5) is 4.39 Å². The summed E-state index contributed by atoms with van der Waals surface area (Å²) >= 11 is 1.34. The maximum absolute atomic E-state index is 13.0. The van der Waals surface area contributed by atoms with Crippen LogP contribution in [0, 0.1) is 11.7 Å². The molecule has 27 heavy (non-hydrogen) atoms. The molecular formula is C19H23FN4O2S. The van der Waals surface area contributed by atoms with Gasteiger partial charge in [0, 0.05) is 12.6 Å². The van der Waals surface area contributed by atoms with Gasteiger partial charge in [0.05, 0.1) is 5.75 Å². The second kappa shape index (κ2) is 9.03. The van der Waals surface area contributed by atoms with E-state index >= 15 is 0 Å². The number of carbonyl (C=O) groups is 1. The lowest BCUT2D eigenvalue weighted by molar-refractivity contribution is -0.119. The second-order valence-electron chi connectivity index (χ2n) is 6.52. The minimum Gasteiger partial charge on any atom is -0.486 e. The number of nitrogens with one attached hydrogen (secondary N) is 1. The van der Waals surface area contributed by atoms with Crippen molar-refractivity contribution in [3.63, 3.8) is 0 Å². The highest BCUT2D eigenvalue weighted by atomic mass is 32.2. The van der Waals surface area contributed by atoms with E-state index in [0.29, 0.717) is 29.2 Å². The molecule has 1 amide bonds. The Labute approximate surface area is 162 Å². The Kier molecular flexibility index (Phi) is 6.49. The van der Waals surface area contributed by atoms with Gasteiger partial charge < -0.3 is 10.1 Å². The fraction of sp³-hybridized carbons (Fsp3) is 0.421. The number of hydrogen-bond acceptors (Lipinski definition) is 5. The van der Waals surface area contributed by atoms with Crippen molar-refractivity contribution in [2.24, 2.45) is 5.92 Å². The Morgan fingerprint density at radius 3 is 2.85 bits per heavy atom. The summed E-state index contributed by atoms with van der Waals surface area (Å²) in [6.45, 7) is 6.51. The number of hydrogen-bond donors (Lipinski definition) is 1. The van der Waals surface area contributed by atoms with Crippen LogP contribution in [-0.2, 0) is 17.9 Å². The molecule has 0 saturated heterocycles. The Bertz CT molecular complexity index is 790. The SMILES string of the molecule is C=CCn1c(COc2ccc(F)cc2)nnc1SCC(=O)N[C@@H](C)C1CC1.